The largest absolute Gasteiger partial charge is 0.481 e. The van der Waals surface area contributed by atoms with Crippen LogP contribution in [0.15, 0.2) is 41.2 Å². The summed E-state index contributed by atoms with van der Waals surface area (Å²) in [7, 11) is 0. The Bertz CT molecular complexity index is 614. The SMILES string of the molecule is CC(C(=O)O)c1cccc(-c2ccc(=O)[nH]n2)c1. The molecule has 0 aliphatic rings. The highest BCUT2D eigenvalue weighted by molar-refractivity contribution is 5.76. The van der Waals surface area contributed by atoms with Gasteiger partial charge in [0.1, 0.15) is 0 Å². The number of carbonyl (C=O) groups is 1. The Balaban J connectivity index is 2.41. The Morgan fingerprint density at radius 2 is 2.11 bits per heavy atom. The maximum atomic E-state index is 10.9. The van der Waals surface area contributed by atoms with Crippen LogP contribution in [-0.4, -0.2) is 21.3 Å². The van der Waals surface area contributed by atoms with E-state index in [0.717, 1.165) is 5.56 Å². The van der Waals surface area contributed by atoms with E-state index in [1.165, 1.54) is 6.07 Å². The van der Waals surface area contributed by atoms with Crippen molar-refractivity contribution in [2.24, 2.45) is 0 Å². The molecule has 2 N–H and O–H groups in total. The maximum Gasteiger partial charge on any atom is 0.310 e. The number of carboxylic acid groups (broad SMARTS) is 1. The van der Waals surface area contributed by atoms with E-state index in [2.05, 4.69) is 10.2 Å². The smallest absolute Gasteiger partial charge is 0.310 e. The number of nitrogens with zero attached hydrogens (tertiary/aromatic N) is 1. The van der Waals surface area contributed by atoms with Crippen molar-refractivity contribution < 1.29 is 9.90 Å². The maximum absolute atomic E-state index is 10.9. The first-order valence-electron chi connectivity index (χ1n) is 5.47. The summed E-state index contributed by atoms with van der Waals surface area (Å²) in [6.45, 7) is 1.63. The summed E-state index contributed by atoms with van der Waals surface area (Å²) in [5, 5.41) is 15.2. The molecule has 1 heterocycles. The molecule has 2 aromatic rings. The Kier molecular flexibility index (Phi) is 3.23. The lowest BCUT2D eigenvalue weighted by molar-refractivity contribution is -0.138. The summed E-state index contributed by atoms with van der Waals surface area (Å²) in [6.07, 6.45) is 0. The first kappa shape index (κ1) is 12.0. The van der Waals surface area contributed by atoms with Crippen molar-refractivity contribution in [1.82, 2.24) is 10.2 Å². The van der Waals surface area contributed by atoms with E-state index < -0.39 is 11.9 Å². The predicted octanol–water partition coefficient (Wildman–Crippen LogP) is 1.62. The van der Waals surface area contributed by atoms with Crippen molar-refractivity contribution >= 4 is 5.97 Å². The average molecular weight is 244 g/mol. The molecule has 18 heavy (non-hydrogen) atoms. The van der Waals surface area contributed by atoms with Gasteiger partial charge in [-0.2, -0.15) is 5.10 Å². The lowest BCUT2D eigenvalue weighted by Crippen LogP contribution is -2.08. The first-order chi connectivity index (χ1) is 8.58. The van der Waals surface area contributed by atoms with Crippen molar-refractivity contribution in [2.45, 2.75) is 12.8 Å². The molecule has 92 valence electrons. The molecule has 0 radical (unpaired) electrons. The number of H-pyrrole nitrogens is 1. The molecule has 0 saturated heterocycles. The van der Waals surface area contributed by atoms with Crippen LogP contribution in [-0.2, 0) is 4.79 Å². The minimum Gasteiger partial charge on any atom is -0.481 e. The highest BCUT2D eigenvalue weighted by Gasteiger charge is 2.14. The van der Waals surface area contributed by atoms with Gasteiger partial charge in [-0.05, 0) is 24.6 Å². The fourth-order valence-corrected chi connectivity index (χ4v) is 1.62. The average Bonchev–Trinajstić information content (AvgIpc) is 2.38. The molecule has 5 heteroatoms. The van der Waals surface area contributed by atoms with Crippen molar-refractivity contribution in [1.29, 1.82) is 0 Å². The number of hydrogen-bond donors (Lipinski definition) is 2. The van der Waals surface area contributed by atoms with E-state index in [-0.39, 0.29) is 5.56 Å². The third-order valence-electron chi connectivity index (χ3n) is 2.73. The van der Waals surface area contributed by atoms with Crippen LogP contribution in [0, 0.1) is 0 Å². The third-order valence-corrected chi connectivity index (χ3v) is 2.73. The van der Waals surface area contributed by atoms with Gasteiger partial charge in [0, 0.05) is 11.6 Å². The molecule has 5 nitrogen and oxygen atoms in total. The van der Waals surface area contributed by atoms with Gasteiger partial charge < -0.3 is 5.11 Å². The molecule has 0 spiro atoms. The second-order valence-electron chi connectivity index (χ2n) is 3.99. The summed E-state index contributed by atoms with van der Waals surface area (Å²) in [6, 6.07) is 10.1. The van der Waals surface area contributed by atoms with Crippen LogP contribution in [0.1, 0.15) is 18.4 Å². The molecular formula is C13H12N2O3. The quantitative estimate of drug-likeness (QED) is 0.859. The number of nitrogens with one attached hydrogen (secondary N) is 1. The molecule has 1 aromatic carbocycles. The van der Waals surface area contributed by atoms with Gasteiger partial charge in [-0.3, -0.25) is 9.59 Å². The fraction of sp³-hybridized carbons (Fsp3) is 0.154. The highest BCUT2D eigenvalue weighted by atomic mass is 16.4. The molecule has 1 unspecified atom stereocenters. The topological polar surface area (TPSA) is 83.0 Å². The number of aliphatic carboxylic acids is 1. The number of benzene rings is 1. The van der Waals surface area contributed by atoms with Crippen LogP contribution in [0.5, 0.6) is 0 Å². The Morgan fingerprint density at radius 3 is 2.72 bits per heavy atom. The summed E-state index contributed by atoms with van der Waals surface area (Å²) in [5.41, 5.74) is 1.81. The standard InChI is InChI=1S/C13H12N2O3/c1-8(13(17)18)9-3-2-4-10(7-9)11-5-6-12(16)15-14-11/h2-8H,1H3,(H,15,16)(H,17,18). The van der Waals surface area contributed by atoms with Crippen LogP contribution in [0.3, 0.4) is 0 Å². The van der Waals surface area contributed by atoms with Gasteiger partial charge in [-0.15, -0.1) is 0 Å². The van der Waals surface area contributed by atoms with Crippen LogP contribution in [0.4, 0.5) is 0 Å². The summed E-state index contributed by atoms with van der Waals surface area (Å²) in [4.78, 5) is 21.9. The third kappa shape index (κ3) is 2.45. The Labute approximate surface area is 103 Å². The molecular weight excluding hydrogens is 232 g/mol. The zero-order valence-electron chi connectivity index (χ0n) is 9.75. The van der Waals surface area contributed by atoms with Gasteiger partial charge >= 0.3 is 5.97 Å². The summed E-state index contributed by atoms with van der Waals surface area (Å²) >= 11 is 0. The van der Waals surface area contributed by atoms with Gasteiger partial charge in [0.05, 0.1) is 11.6 Å². The summed E-state index contributed by atoms with van der Waals surface area (Å²) in [5.74, 6) is -1.45. The normalized spacial score (nSPS) is 12.1. The van der Waals surface area contributed by atoms with Crippen molar-refractivity contribution in [3.8, 4) is 11.3 Å². The van der Waals surface area contributed by atoms with Gasteiger partial charge in [0.25, 0.3) is 5.56 Å². The summed E-state index contributed by atoms with van der Waals surface area (Å²) < 4.78 is 0. The van der Waals surface area contributed by atoms with E-state index in [0.29, 0.717) is 11.3 Å². The monoisotopic (exact) mass is 244 g/mol. The fourth-order valence-electron chi connectivity index (χ4n) is 1.62. The van der Waals surface area contributed by atoms with E-state index in [4.69, 9.17) is 5.11 Å². The molecule has 0 aliphatic carbocycles. The van der Waals surface area contributed by atoms with Crippen molar-refractivity contribution in [3.05, 3.63) is 52.3 Å². The molecule has 0 bridgehead atoms. The van der Waals surface area contributed by atoms with Crippen LogP contribution in [0.2, 0.25) is 0 Å². The number of rotatable bonds is 3. The second-order valence-corrected chi connectivity index (χ2v) is 3.99. The first-order valence-corrected chi connectivity index (χ1v) is 5.47. The highest BCUT2D eigenvalue weighted by Crippen LogP contribution is 2.22. The van der Waals surface area contributed by atoms with Gasteiger partial charge in [0.2, 0.25) is 0 Å². The molecule has 1 atom stereocenters. The number of hydrogen-bond acceptors (Lipinski definition) is 3. The van der Waals surface area contributed by atoms with Crippen LogP contribution in [0.25, 0.3) is 11.3 Å². The van der Waals surface area contributed by atoms with Crippen molar-refractivity contribution in [2.75, 3.05) is 0 Å². The van der Waals surface area contributed by atoms with E-state index in [9.17, 15) is 9.59 Å². The number of carboxylic acids is 1. The van der Waals surface area contributed by atoms with E-state index in [1.54, 1.807) is 31.2 Å². The second kappa shape index (κ2) is 4.83. The van der Waals surface area contributed by atoms with E-state index >= 15 is 0 Å². The van der Waals surface area contributed by atoms with Crippen LogP contribution < -0.4 is 5.56 Å². The van der Waals surface area contributed by atoms with Gasteiger partial charge in [0.15, 0.2) is 0 Å². The molecule has 0 fully saturated rings. The Hall–Kier alpha value is -2.43. The zero-order valence-corrected chi connectivity index (χ0v) is 9.75. The zero-order chi connectivity index (χ0) is 13.1. The van der Waals surface area contributed by atoms with Crippen LogP contribution >= 0.6 is 0 Å². The number of aromatic amines is 1. The molecule has 0 saturated carbocycles. The van der Waals surface area contributed by atoms with Gasteiger partial charge in [-0.25, -0.2) is 5.10 Å². The van der Waals surface area contributed by atoms with Crippen molar-refractivity contribution in [3.63, 3.8) is 0 Å². The molecule has 1 aromatic heterocycles. The molecule has 0 aliphatic heterocycles. The predicted molar refractivity (Wildman–Crippen MR) is 66.3 cm³/mol. The number of aromatic nitrogens is 2. The van der Waals surface area contributed by atoms with Gasteiger partial charge in [-0.1, -0.05) is 18.2 Å². The minimum atomic E-state index is -0.874. The molecule has 0 amide bonds. The van der Waals surface area contributed by atoms with E-state index in [1.807, 2.05) is 6.07 Å². The Morgan fingerprint density at radius 1 is 1.33 bits per heavy atom. The molecule has 2 rings (SSSR count). The lowest BCUT2D eigenvalue weighted by atomic mass is 9.98. The minimum absolute atomic E-state index is 0.270. The lowest BCUT2D eigenvalue weighted by Gasteiger charge is -2.08.